The van der Waals surface area contributed by atoms with Crippen molar-refractivity contribution in [1.82, 2.24) is 19.9 Å². The number of benzene rings is 1. The predicted molar refractivity (Wildman–Crippen MR) is 149 cm³/mol. The highest BCUT2D eigenvalue weighted by molar-refractivity contribution is 5.98. The van der Waals surface area contributed by atoms with Gasteiger partial charge in [-0.2, -0.15) is 0 Å². The lowest BCUT2D eigenvalue weighted by Gasteiger charge is -2.30. The predicted octanol–water partition coefficient (Wildman–Crippen LogP) is 4.80. The second kappa shape index (κ2) is 11.7. The molecule has 0 fully saturated rings. The van der Waals surface area contributed by atoms with Crippen molar-refractivity contribution in [3.8, 4) is 22.3 Å². The highest BCUT2D eigenvalue weighted by Crippen LogP contribution is 2.27. The minimum absolute atomic E-state index is 0.334. The zero-order valence-electron chi connectivity index (χ0n) is 22.0. The molecule has 2 amide bonds. The topological polar surface area (TPSA) is 126 Å². The standard InChI is InChI=1S/C30H31N5O4/c1-30(2,3)27(28(37)33-24-10-15-32-16-11-24)34-26(36)18-25(29(38)39)35-17-12-23(19-35)21-6-4-20(5-7-21)22-8-13-31-14-9-22/h4-17,19,25,27H,18H2,1-3H3,(H,34,36)(H,38,39)(H,32,33,37)/t25-,27-/m1/s1. The minimum atomic E-state index is -1.14. The summed E-state index contributed by atoms with van der Waals surface area (Å²) in [5.41, 5.74) is 3.77. The summed E-state index contributed by atoms with van der Waals surface area (Å²) in [5, 5.41) is 15.4. The van der Waals surface area contributed by atoms with Crippen LogP contribution in [-0.4, -0.2) is 43.5 Å². The van der Waals surface area contributed by atoms with Gasteiger partial charge in [0.1, 0.15) is 12.1 Å². The number of carbonyl (C=O) groups is 3. The van der Waals surface area contributed by atoms with Crippen LogP contribution >= 0.6 is 0 Å². The number of nitrogens with one attached hydrogen (secondary N) is 2. The van der Waals surface area contributed by atoms with E-state index in [1.54, 1.807) is 49.3 Å². The van der Waals surface area contributed by atoms with E-state index < -0.39 is 35.3 Å². The molecule has 0 radical (unpaired) electrons. The van der Waals surface area contributed by atoms with Crippen LogP contribution in [0.15, 0.2) is 91.8 Å². The number of nitrogens with zero attached hydrogens (tertiary/aromatic N) is 3. The van der Waals surface area contributed by atoms with Crippen LogP contribution in [0.3, 0.4) is 0 Å². The number of carboxylic acid groups (broad SMARTS) is 1. The molecule has 0 saturated carbocycles. The van der Waals surface area contributed by atoms with Crippen molar-refractivity contribution < 1.29 is 19.5 Å². The van der Waals surface area contributed by atoms with Crippen LogP contribution in [0.5, 0.6) is 0 Å². The summed E-state index contributed by atoms with van der Waals surface area (Å²) in [6.07, 6.45) is 9.61. The van der Waals surface area contributed by atoms with Gasteiger partial charge in [-0.15, -0.1) is 0 Å². The molecule has 9 heteroatoms. The first kappa shape index (κ1) is 27.3. The summed E-state index contributed by atoms with van der Waals surface area (Å²) in [7, 11) is 0. The number of pyridine rings is 2. The molecule has 0 aliphatic heterocycles. The molecule has 4 aromatic rings. The lowest BCUT2D eigenvalue weighted by Crippen LogP contribution is -2.51. The van der Waals surface area contributed by atoms with E-state index in [4.69, 9.17) is 0 Å². The smallest absolute Gasteiger partial charge is 0.327 e. The maximum Gasteiger partial charge on any atom is 0.327 e. The summed E-state index contributed by atoms with van der Waals surface area (Å²) in [5.74, 6) is -2.08. The van der Waals surface area contributed by atoms with E-state index in [0.29, 0.717) is 5.69 Å². The van der Waals surface area contributed by atoms with E-state index in [-0.39, 0.29) is 6.42 Å². The van der Waals surface area contributed by atoms with Crippen LogP contribution in [0.4, 0.5) is 5.69 Å². The highest BCUT2D eigenvalue weighted by atomic mass is 16.4. The average molecular weight is 526 g/mol. The molecule has 200 valence electrons. The van der Waals surface area contributed by atoms with Gasteiger partial charge in [-0.25, -0.2) is 4.79 Å². The van der Waals surface area contributed by atoms with Crippen molar-refractivity contribution in [2.24, 2.45) is 5.41 Å². The number of aliphatic carboxylic acids is 1. The van der Waals surface area contributed by atoms with Gasteiger partial charge in [-0.1, -0.05) is 45.0 Å². The molecule has 3 heterocycles. The quantitative estimate of drug-likeness (QED) is 0.288. The van der Waals surface area contributed by atoms with Crippen LogP contribution < -0.4 is 10.6 Å². The monoisotopic (exact) mass is 525 g/mol. The Hall–Kier alpha value is -4.79. The normalized spacial score (nSPS) is 12.8. The van der Waals surface area contributed by atoms with Crippen molar-refractivity contribution >= 4 is 23.5 Å². The third-order valence-electron chi connectivity index (χ3n) is 6.35. The molecule has 0 spiro atoms. The molecule has 3 aromatic heterocycles. The number of carboxylic acids is 1. The fraction of sp³-hybridized carbons (Fsp3) is 0.233. The number of amides is 2. The number of aromatic nitrogens is 3. The summed E-state index contributed by atoms with van der Waals surface area (Å²) in [6, 6.07) is 14.9. The van der Waals surface area contributed by atoms with Crippen LogP contribution in [0.25, 0.3) is 22.3 Å². The largest absolute Gasteiger partial charge is 0.480 e. The lowest BCUT2D eigenvalue weighted by atomic mass is 9.86. The Labute approximate surface area is 226 Å². The molecule has 0 unspecified atom stereocenters. The van der Waals surface area contributed by atoms with Gasteiger partial charge < -0.3 is 20.3 Å². The fourth-order valence-electron chi connectivity index (χ4n) is 4.22. The zero-order chi connectivity index (χ0) is 28.0. The number of rotatable bonds is 9. The van der Waals surface area contributed by atoms with Gasteiger partial charge in [0.05, 0.1) is 6.42 Å². The molecule has 0 aliphatic carbocycles. The third-order valence-corrected chi connectivity index (χ3v) is 6.35. The van der Waals surface area contributed by atoms with Gasteiger partial charge in [0.2, 0.25) is 11.8 Å². The Balaban J connectivity index is 1.46. The molecule has 0 saturated heterocycles. The Kier molecular flexibility index (Phi) is 8.19. The number of hydrogen-bond donors (Lipinski definition) is 3. The van der Waals surface area contributed by atoms with Gasteiger partial charge in [-0.3, -0.25) is 19.6 Å². The SMILES string of the molecule is CC(C)(C)[C@H](NC(=O)C[C@H](C(=O)O)n1ccc(-c2ccc(-c3ccncc3)cc2)c1)C(=O)Nc1ccncc1. The summed E-state index contributed by atoms with van der Waals surface area (Å²) in [6.45, 7) is 5.49. The lowest BCUT2D eigenvalue weighted by molar-refractivity contribution is -0.143. The first-order valence-electron chi connectivity index (χ1n) is 12.5. The summed E-state index contributed by atoms with van der Waals surface area (Å²) >= 11 is 0. The van der Waals surface area contributed by atoms with Gasteiger partial charge >= 0.3 is 5.97 Å². The van der Waals surface area contributed by atoms with Crippen molar-refractivity contribution in [1.29, 1.82) is 0 Å². The molecule has 3 N–H and O–H groups in total. The molecule has 1 aromatic carbocycles. The fourth-order valence-corrected chi connectivity index (χ4v) is 4.22. The van der Waals surface area contributed by atoms with Crippen LogP contribution in [-0.2, 0) is 14.4 Å². The third kappa shape index (κ3) is 6.95. The maximum atomic E-state index is 13.0. The van der Waals surface area contributed by atoms with Crippen molar-refractivity contribution in [2.75, 3.05) is 5.32 Å². The average Bonchev–Trinajstić information content (AvgIpc) is 3.40. The first-order valence-corrected chi connectivity index (χ1v) is 12.5. The molecule has 2 atom stereocenters. The molecule has 0 aliphatic rings. The molecular weight excluding hydrogens is 494 g/mol. The molecular formula is C30H31N5O4. The van der Waals surface area contributed by atoms with Crippen LogP contribution in [0, 0.1) is 5.41 Å². The van der Waals surface area contributed by atoms with E-state index >= 15 is 0 Å². The van der Waals surface area contributed by atoms with Gasteiger partial charge in [0.15, 0.2) is 0 Å². The Morgan fingerprint density at radius 1 is 0.821 bits per heavy atom. The van der Waals surface area contributed by atoms with E-state index in [1.165, 1.54) is 4.57 Å². The Morgan fingerprint density at radius 2 is 1.36 bits per heavy atom. The van der Waals surface area contributed by atoms with Gasteiger partial charge in [-0.05, 0) is 58.0 Å². The Bertz CT molecular complexity index is 1430. The molecule has 9 nitrogen and oxygen atoms in total. The van der Waals surface area contributed by atoms with E-state index in [2.05, 4.69) is 20.6 Å². The van der Waals surface area contributed by atoms with Crippen molar-refractivity contribution in [2.45, 2.75) is 39.3 Å². The van der Waals surface area contributed by atoms with Crippen LogP contribution in [0.1, 0.15) is 33.2 Å². The molecule has 39 heavy (non-hydrogen) atoms. The second-order valence-corrected chi connectivity index (χ2v) is 10.3. The zero-order valence-corrected chi connectivity index (χ0v) is 22.0. The van der Waals surface area contributed by atoms with Crippen LogP contribution in [0.2, 0.25) is 0 Å². The highest BCUT2D eigenvalue weighted by Gasteiger charge is 2.34. The van der Waals surface area contributed by atoms with E-state index in [1.807, 2.05) is 63.2 Å². The minimum Gasteiger partial charge on any atom is -0.480 e. The molecule has 0 bridgehead atoms. The number of anilines is 1. The molecule has 4 rings (SSSR count). The van der Waals surface area contributed by atoms with Gasteiger partial charge in [0, 0.05) is 42.9 Å². The maximum absolute atomic E-state index is 13.0. The van der Waals surface area contributed by atoms with Crippen molar-refractivity contribution in [3.05, 3.63) is 91.8 Å². The number of hydrogen-bond acceptors (Lipinski definition) is 5. The summed E-state index contributed by atoms with van der Waals surface area (Å²) < 4.78 is 1.51. The summed E-state index contributed by atoms with van der Waals surface area (Å²) in [4.78, 5) is 46.1. The Morgan fingerprint density at radius 3 is 1.92 bits per heavy atom. The van der Waals surface area contributed by atoms with E-state index in [9.17, 15) is 19.5 Å². The first-order chi connectivity index (χ1) is 18.6. The number of carbonyl (C=O) groups excluding carboxylic acids is 2. The van der Waals surface area contributed by atoms with E-state index in [0.717, 1.165) is 22.3 Å². The van der Waals surface area contributed by atoms with Gasteiger partial charge in [0.25, 0.3) is 0 Å². The van der Waals surface area contributed by atoms with Crippen molar-refractivity contribution in [3.63, 3.8) is 0 Å². The second-order valence-electron chi connectivity index (χ2n) is 10.3.